The van der Waals surface area contributed by atoms with E-state index in [1.807, 2.05) is 0 Å². The van der Waals surface area contributed by atoms with E-state index in [2.05, 4.69) is 76.3 Å². The first-order valence-electron chi connectivity index (χ1n) is 8.43. The Bertz CT molecular complexity index is 701. The molecule has 1 atom stereocenters. The zero-order valence-electron chi connectivity index (χ0n) is 14.9. The molecule has 0 aliphatic carbocycles. The van der Waals surface area contributed by atoms with Gasteiger partial charge in [0, 0.05) is 24.6 Å². The van der Waals surface area contributed by atoms with Gasteiger partial charge in [-0.25, -0.2) is 0 Å². The van der Waals surface area contributed by atoms with Crippen LogP contribution in [-0.2, 0) is 6.54 Å². The molecule has 0 bridgehead atoms. The number of rotatable bonds is 3. The zero-order valence-corrected chi connectivity index (χ0v) is 14.9. The van der Waals surface area contributed by atoms with E-state index in [9.17, 15) is 0 Å². The maximum absolute atomic E-state index is 6.24. The molecule has 3 rings (SSSR count). The Balaban J connectivity index is 1.86. The predicted octanol–water partition coefficient (Wildman–Crippen LogP) is 5.00. The second kappa shape index (κ2) is 6.01. The monoisotopic (exact) mass is 309 g/mol. The summed E-state index contributed by atoms with van der Waals surface area (Å²) in [5.41, 5.74) is 6.39. The maximum atomic E-state index is 6.24. The third kappa shape index (κ3) is 3.59. The lowest BCUT2D eigenvalue weighted by atomic mass is 9.86. The lowest BCUT2D eigenvalue weighted by Gasteiger charge is -2.39. The number of aryl methyl sites for hydroxylation is 3. The Hall–Kier alpha value is -1.80. The molecule has 2 aromatic carbocycles. The smallest absolute Gasteiger partial charge is 0.125 e. The van der Waals surface area contributed by atoms with Gasteiger partial charge in [-0.1, -0.05) is 35.9 Å². The molecule has 0 fully saturated rings. The summed E-state index contributed by atoms with van der Waals surface area (Å²) in [6, 6.07) is 13.5. The van der Waals surface area contributed by atoms with Crippen molar-refractivity contribution in [1.82, 2.24) is 5.32 Å². The summed E-state index contributed by atoms with van der Waals surface area (Å²) in [4.78, 5) is 0. The van der Waals surface area contributed by atoms with E-state index in [0.717, 1.165) is 18.7 Å². The minimum atomic E-state index is -0.141. The molecule has 1 aliphatic heterocycles. The normalized spacial score (nSPS) is 19.1. The second-order valence-electron chi connectivity index (χ2n) is 7.48. The summed E-state index contributed by atoms with van der Waals surface area (Å²) < 4.78 is 6.24. The van der Waals surface area contributed by atoms with Crippen molar-refractivity contribution in [3.63, 3.8) is 0 Å². The van der Waals surface area contributed by atoms with Crippen LogP contribution < -0.4 is 10.1 Å². The van der Waals surface area contributed by atoms with Crippen molar-refractivity contribution in [2.24, 2.45) is 0 Å². The Morgan fingerprint density at radius 3 is 2.43 bits per heavy atom. The van der Waals surface area contributed by atoms with Gasteiger partial charge in [-0.3, -0.25) is 0 Å². The van der Waals surface area contributed by atoms with Gasteiger partial charge in [-0.2, -0.15) is 0 Å². The molecule has 0 aromatic heterocycles. The zero-order chi connectivity index (χ0) is 16.6. The lowest BCUT2D eigenvalue weighted by Crippen LogP contribution is -2.39. The molecule has 1 aliphatic rings. The summed E-state index contributed by atoms with van der Waals surface area (Å²) in [6.07, 6.45) is 0.982. The average molecular weight is 309 g/mol. The molecule has 2 aromatic rings. The van der Waals surface area contributed by atoms with Crippen LogP contribution in [-0.4, -0.2) is 5.60 Å². The molecule has 122 valence electrons. The van der Waals surface area contributed by atoms with Crippen molar-refractivity contribution in [3.05, 3.63) is 64.2 Å². The van der Waals surface area contributed by atoms with Crippen molar-refractivity contribution in [1.29, 1.82) is 0 Å². The van der Waals surface area contributed by atoms with Crippen LogP contribution in [0.5, 0.6) is 5.75 Å². The molecule has 0 spiro atoms. The van der Waals surface area contributed by atoms with Crippen LogP contribution in [0.3, 0.4) is 0 Å². The van der Waals surface area contributed by atoms with Crippen LogP contribution >= 0.6 is 0 Å². The maximum Gasteiger partial charge on any atom is 0.125 e. The van der Waals surface area contributed by atoms with Crippen LogP contribution in [0.15, 0.2) is 36.4 Å². The van der Waals surface area contributed by atoms with Gasteiger partial charge in [-0.15, -0.1) is 0 Å². The van der Waals surface area contributed by atoms with E-state index < -0.39 is 0 Å². The standard InChI is InChI=1S/C21H27NO/c1-14-6-8-17(9-7-14)13-22-18-12-21(4,5)23-19-11-15(2)10-16(3)20(18)19/h6-11,18,22H,12-13H2,1-5H3. The highest BCUT2D eigenvalue weighted by Gasteiger charge is 2.34. The van der Waals surface area contributed by atoms with Gasteiger partial charge in [-0.05, 0) is 57.4 Å². The molecule has 0 amide bonds. The molecule has 2 nitrogen and oxygen atoms in total. The first kappa shape index (κ1) is 16.1. The lowest BCUT2D eigenvalue weighted by molar-refractivity contribution is 0.0653. The molecule has 0 radical (unpaired) electrons. The number of hydrogen-bond donors (Lipinski definition) is 1. The second-order valence-corrected chi connectivity index (χ2v) is 7.48. The molecule has 2 heteroatoms. The number of hydrogen-bond acceptors (Lipinski definition) is 2. The quantitative estimate of drug-likeness (QED) is 0.861. The van der Waals surface area contributed by atoms with Gasteiger partial charge in [0.15, 0.2) is 0 Å². The Labute approximate surface area is 139 Å². The first-order chi connectivity index (χ1) is 10.8. The van der Waals surface area contributed by atoms with E-state index in [1.165, 1.54) is 27.8 Å². The van der Waals surface area contributed by atoms with E-state index in [1.54, 1.807) is 0 Å². The van der Waals surface area contributed by atoms with Crippen LogP contribution in [0.25, 0.3) is 0 Å². The van der Waals surface area contributed by atoms with E-state index in [4.69, 9.17) is 4.74 Å². The summed E-state index contributed by atoms with van der Waals surface area (Å²) in [5.74, 6) is 1.04. The van der Waals surface area contributed by atoms with Crippen molar-refractivity contribution >= 4 is 0 Å². The third-order valence-corrected chi connectivity index (χ3v) is 4.60. The van der Waals surface area contributed by atoms with E-state index >= 15 is 0 Å². The summed E-state index contributed by atoms with van der Waals surface area (Å²) in [5, 5.41) is 3.75. The minimum absolute atomic E-state index is 0.141. The Kier molecular flexibility index (Phi) is 4.20. The van der Waals surface area contributed by atoms with Crippen LogP contribution in [0, 0.1) is 20.8 Å². The van der Waals surface area contributed by atoms with E-state index in [-0.39, 0.29) is 5.60 Å². The van der Waals surface area contributed by atoms with Gasteiger partial charge >= 0.3 is 0 Å². The van der Waals surface area contributed by atoms with Gasteiger partial charge in [0.1, 0.15) is 11.4 Å². The number of benzene rings is 2. The fraction of sp³-hybridized carbons (Fsp3) is 0.429. The fourth-order valence-electron chi connectivity index (χ4n) is 3.52. The van der Waals surface area contributed by atoms with E-state index in [0.29, 0.717) is 6.04 Å². The highest BCUT2D eigenvalue weighted by atomic mass is 16.5. The fourth-order valence-corrected chi connectivity index (χ4v) is 3.52. The third-order valence-electron chi connectivity index (χ3n) is 4.60. The predicted molar refractivity (Wildman–Crippen MR) is 96.0 cm³/mol. The summed E-state index contributed by atoms with van der Waals surface area (Å²) in [6.45, 7) is 11.7. The van der Waals surface area contributed by atoms with Crippen molar-refractivity contribution in [2.45, 2.75) is 59.2 Å². The average Bonchev–Trinajstić information content (AvgIpc) is 2.44. The summed E-state index contributed by atoms with van der Waals surface area (Å²) >= 11 is 0. The molecular formula is C21H27NO. The van der Waals surface area contributed by atoms with Gasteiger partial charge < -0.3 is 10.1 Å². The van der Waals surface area contributed by atoms with Crippen molar-refractivity contribution in [2.75, 3.05) is 0 Å². The number of fused-ring (bicyclic) bond motifs is 1. The minimum Gasteiger partial charge on any atom is -0.487 e. The molecule has 0 saturated heterocycles. The van der Waals surface area contributed by atoms with Crippen molar-refractivity contribution in [3.8, 4) is 5.75 Å². The SMILES string of the molecule is Cc1ccc(CNC2CC(C)(C)Oc3cc(C)cc(C)c32)cc1. The first-order valence-corrected chi connectivity index (χ1v) is 8.43. The molecule has 1 N–H and O–H groups in total. The van der Waals surface area contributed by atoms with Crippen LogP contribution in [0.2, 0.25) is 0 Å². The summed E-state index contributed by atoms with van der Waals surface area (Å²) in [7, 11) is 0. The topological polar surface area (TPSA) is 21.3 Å². The van der Waals surface area contributed by atoms with Crippen LogP contribution in [0.1, 0.15) is 54.1 Å². The molecule has 23 heavy (non-hydrogen) atoms. The van der Waals surface area contributed by atoms with Gasteiger partial charge in [0.2, 0.25) is 0 Å². The molecule has 1 heterocycles. The van der Waals surface area contributed by atoms with Gasteiger partial charge in [0.25, 0.3) is 0 Å². The Morgan fingerprint density at radius 1 is 1.04 bits per heavy atom. The number of ether oxygens (including phenoxy) is 1. The largest absolute Gasteiger partial charge is 0.487 e. The number of nitrogens with one attached hydrogen (secondary N) is 1. The Morgan fingerprint density at radius 2 is 1.74 bits per heavy atom. The highest BCUT2D eigenvalue weighted by molar-refractivity contribution is 5.47. The molecule has 1 unspecified atom stereocenters. The molecular weight excluding hydrogens is 282 g/mol. The molecule has 0 saturated carbocycles. The van der Waals surface area contributed by atoms with Crippen molar-refractivity contribution < 1.29 is 4.74 Å². The van der Waals surface area contributed by atoms with Crippen LogP contribution in [0.4, 0.5) is 0 Å². The highest BCUT2D eigenvalue weighted by Crippen LogP contribution is 2.41. The van der Waals surface area contributed by atoms with Gasteiger partial charge in [0.05, 0.1) is 0 Å².